The van der Waals surface area contributed by atoms with E-state index < -0.39 is 99.2 Å². The lowest BCUT2D eigenvalue weighted by atomic mass is 9.97. The van der Waals surface area contributed by atoms with E-state index in [1.54, 1.807) is 4.90 Å². The Hall–Kier alpha value is -3.54. The molecule has 1 unspecified atom stereocenters. The van der Waals surface area contributed by atoms with Gasteiger partial charge in [0.2, 0.25) is 11.8 Å². The predicted molar refractivity (Wildman–Crippen MR) is 150 cm³/mol. The molecule has 0 radical (unpaired) electrons. The van der Waals surface area contributed by atoms with Crippen molar-refractivity contribution in [3.63, 3.8) is 0 Å². The van der Waals surface area contributed by atoms with Gasteiger partial charge in [-0.1, -0.05) is 0 Å². The van der Waals surface area contributed by atoms with Gasteiger partial charge in [-0.2, -0.15) is 0 Å². The molecule has 2 rings (SSSR count). The minimum Gasteiger partial charge on any atom is -0.480 e. The lowest BCUT2D eigenvalue weighted by Crippen LogP contribution is -2.65. The molecule has 2 heterocycles. The third-order valence-corrected chi connectivity index (χ3v) is 7.43. The van der Waals surface area contributed by atoms with Crippen LogP contribution in [0, 0.1) is 0 Å². The summed E-state index contributed by atoms with van der Waals surface area (Å²) in [5.74, 6) is -5.65. The average Bonchev–Trinajstić information content (AvgIpc) is 2.96. The molecule has 0 saturated carbocycles. The molecule has 0 aromatic carbocycles. The van der Waals surface area contributed by atoms with Gasteiger partial charge in [-0.3, -0.25) is 43.6 Å². The molecule has 0 bridgehead atoms. The van der Waals surface area contributed by atoms with Crippen molar-refractivity contribution in [2.24, 2.45) is 0 Å². The summed E-state index contributed by atoms with van der Waals surface area (Å²) in [5, 5.41) is 79.3. The van der Waals surface area contributed by atoms with Crippen LogP contribution in [0.25, 0.3) is 0 Å². The van der Waals surface area contributed by atoms with Gasteiger partial charge in [0, 0.05) is 52.4 Å². The van der Waals surface area contributed by atoms with Gasteiger partial charge >= 0.3 is 24.0 Å². The summed E-state index contributed by atoms with van der Waals surface area (Å²) < 4.78 is 4.95. The van der Waals surface area contributed by atoms with E-state index in [4.69, 9.17) is 4.74 Å². The highest BCUT2D eigenvalue weighted by Gasteiger charge is 2.44. The number of carbonyl (C=O) groups excluding carboxylic acids is 2. The van der Waals surface area contributed by atoms with Crippen molar-refractivity contribution in [1.82, 2.24) is 29.8 Å². The fraction of sp³-hybridized carbons (Fsp3) is 0.760. The molecule has 2 aliphatic heterocycles. The third-order valence-electron chi connectivity index (χ3n) is 7.43. The molecule has 2 aliphatic rings. The first-order chi connectivity index (χ1) is 21.6. The molecule has 0 aliphatic carbocycles. The molecular formula is C25H42N6O15. The van der Waals surface area contributed by atoms with Crippen LogP contribution >= 0.6 is 0 Å². The Kier molecular flexibility index (Phi) is 15.6. The molecule has 262 valence electrons. The first-order valence-corrected chi connectivity index (χ1v) is 14.3. The zero-order chi connectivity index (χ0) is 34.6. The molecule has 2 saturated heterocycles. The maximum atomic E-state index is 13.1. The number of aliphatic hydroxyl groups is 4. The number of ether oxygens (including phenoxy) is 1. The molecule has 9 N–H and O–H groups in total. The van der Waals surface area contributed by atoms with Crippen LogP contribution in [-0.2, 0) is 28.7 Å². The molecule has 46 heavy (non-hydrogen) atoms. The quantitative estimate of drug-likeness (QED) is 0.0936. The Morgan fingerprint density at radius 3 is 1.39 bits per heavy atom. The van der Waals surface area contributed by atoms with Gasteiger partial charge in [0.05, 0.1) is 32.8 Å². The van der Waals surface area contributed by atoms with Crippen molar-refractivity contribution in [1.29, 1.82) is 0 Å². The molecule has 21 heteroatoms. The van der Waals surface area contributed by atoms with E-state index in [2.05, 4.69) is 5.32 Å². The predicted octanol–water partition coefficient (Wildman–Crippen LogP) is -6.12. The van der Waals surface area contributed by atoms with Crippen molar-refractivity contribution in [3.8, 4) is 0 Å². The van der Waals surface area contributed by atoms with E-state index in [1.807, 2.05) is 0 Å². The number of rotatable bonds is 12. The molecular weight excluding hydrogens is 624 g/mol. The van der Waals surface area contributed by atoms with Crippen molar-refractivity contribution in [2.75, 3.05) is 91.7 Å². The summed E-state index contributed by atoms with van der Waals surface area (Å²) in [6.45, 7) is -2.90. The second-order valence-corrected chi connectivity index (χ2v) is 10.9. The topological polar surface area (TPSA) is 302 Å². The second kappa shape index (κ2) is 18.6. The number of nitrogens with zero attached hydrogens (tertiary/aromatic N) is 5. The second-order valence-electron chi connectivity index (χ2n) is 10.9. The molecule has 0 spiro atoms. The Labute approximate surface area is 262 Å². The highest BCUT2D eigenvalue weighted by atomic mass is 16.6. The third kappa shape index (κ3) is 12.7. The first-order valence-electron chi connectivity index (χ1n) is 14.3. The fourth-order valence-corrected chi connectivity index (χ4v) is 4.95. The van der Waals surface area contributed by atoms with E-state index in [1.165, 1.54) is 14.7 Å². The Morgan fingerprint density at radius 2 is 1.04 bits per heavy atom. The Bertz CT molecular complexity index is 1050. The van der Waals surface area contributed by atoms with E-state index in [-0.39, 0.29) is 63.8 Å². The van der Waals surface area contributed by atoms with Crippen LogP contribution in [0.5, 0.6) is 0 Å². The number of hydrogen-bond donors (Lipinski definition) is 9. The Balaban J connectivity index is 2.16. The largest absolute Gasteiger partial charge is 0.480 e. The number of aliphatic carboxylic acids is 3. The van der Waals surface area contributed by atoms with Gasteiger partial charge < -0.3 is 50.9 Å². The van der Waals surface area contributed by atoms with Gasteiger partial charge in [-0.05, 0) is 0 Å². The standard InChI is InChI=1S/C25H42N6O15/c32-14-15-22(41)23(42)21(24(43)46-15)26-16(33)9-31(25(44)45)17(34)10-27-1-3-28(11-18(35)36)5-7-30(13-20(39)40)8-6-29(4-2-27)12-19(37)38/h15,21-24,32,41-43H,1-14H2,(H,26,33)(H,35,36)(H,37,38)(H,39,40)(H,44,45)/t15-,21?,22-,23-,24-/m1/s1. The van der Waals surface area contributed by atoms with Gasteiger partial charge in [-0.25, -0.2) is 9.69 Å². The lowest BCUT2D eigenvalue weighted by molar-refractivity contribution is -0.253. The van der Waals surface area contributed by atoms with E-state index in [0.29, 0.717) is 0 Å². The van der Waals surface area contributed by atoms with E-state index in [9.17, 15) is 69.6 Å². The van der Waals surface area contributed by atoms with Crippen LogP contribution < -0.4 is 5.32 Å². The Morgan fingerprint density at radius 1 is 0.652 bits per heavy atom. The number of aliphatic hydroxyl groups excluding tert-OH is 4. The zero-order valence-electron chi connectivity index (χ0n) is 25.0. The SMILES string of the molecule is O=C(O)CN1CCN(CC(=O)O)CCN(CC(=O)N(CC(=O)NC2[C@H](O)O[C@H](CO)[C@@H](O)[C@@H]2O)C(=O)O)CCN(CC(=O)O)CC1. The van der Waals surface area contributed by atoms with Crippen LogP contribution in [0.4, 0.5) is 4.79 Å². The van der Waals surface area contributed by atoms with Crippen LogP contribution in [-0.4, -0.2) is 223 Å². The van der Waals surface area contributed by atoms with Crippen molar-refractivity contribution < 1.29 is 74.4 Å². The number of hydrogen-bond acceptors (Lipinski definition) is 15. The maximum absolute atomic E-state index is 13.1. The number of carbonyl (C=O) groups is 6. The number of carboxylic acid groups (broad SMARTS) is 4. The van der Waals surface area contributed by atoms with Crippen molar-refractivity contribution in [2.45, 2.75) is 30.6 Å². The average molecular weight is 667 g/mol. The minimum absolute atomic E-state index is 0.0141. The first kappa shape index (κ1) is 38.6. The van der Waals surface area contributed by atoms with Crippen molar-refractivity contribution >= 4 is 35.8 Å². The molecule has 0 aromatic heterocycles. The monoisotopic (exact) mass is 666 g/mol. The smallest absolute Gasteiger partial charge is 0.414 e. The van der Waals surface area contributed by atoms with Crippen LogP contribution in [0.15, 0.2) is 0 Å². The van der Waals surface area contributed by atoms with Crippen molar-refractivity contribution in [3.05, 3.63) is 0 Å². The lowest BCUT2D eigenvalue weighted by Gasteiger charge is -2.40. The van der Waals surface area contributed by atoms with E-state index >= 15 is 0 Å². The highest BCUT2D eigenvalue weighted by Crippen LogP contribution is 2.19. The fourth-order valence-electron chi connectivity index (χ4n) is 4.95. The van der Waals surface area contributed by atoms with Gasteiger partial charge in [0.15, 0.2) is 6.29 Å². The van der Waals surface area contributed by atoms with Crippen LogP contribution in [0.2, 0.25) is 0 Å². The van der Waals surface area contributed by atoms with Gasteiger partial charge in [0.1, 0.15) is 30.9 Å². The van der Waals surface area contributed by atoms with Crippen LogP contribution in [0.3, 0.4) is 0 Å². The summed E-state index contributed by atoms with van der Waals surface area (Å²) in [6.07, 6.45) is -8.55. The molecule has 3 amide bonds. The zero-order valence-corrected chi connectivity index (χ0v) is 25.0. The highest BCUT2D eigenvalue weighted by molar-refractivity contribution is 5.96. The summed E-state index contributed by atoms with van der Waals surface area (Å²) in [7, 11) is 0. The summed E-state index contributed by atoms with van der Waals surface area (Å²) >= 11 is 0. The number of amides is 3. The van der Waals surface area contributed by atoms with Gasteiger partial charge in [0.25, 0.3) is 0 Å². The summed E-state index contributed by atoms with van der Waals surface area (Å²) in [5.41, 5.74) is 0. The minimum atomic E-state index is -1.88. The van der Waals surface area contributed by atoms with Gasteiger partial charge in [-0.15, -0.1) is 0 Å². The molecule has 21 nitrogen and oxygen atoms in total. The number of nitrogens with one attached hydrogen (secondary N) is 1. The number of carboxylic acids is 3. The molecule has 5 atom stereocenters. The summed E-state index contributed by atoms with van der Waals surface area (Å²) in [4.78, 5) is 78.2. The maximum Gasteiger partial charge on any atom is 0.414 e. The summed E-state index contributed by atoms with van der Waals surface area (Å²) in [6, 6.07) is -1.63. The molecule has 2 fully saturated rings. The molecule has 0 aromatic rings. The normalized spacial score (nSPS) is 26.3. The number of imide groups is 1. The van der Waals surface area contributed by atoms with Crippen LogP contribution in [0.1, 0.15) is 0 Å². The van der Waals surface area contributed by atoms with E-state index in [0.717, 1.165) is 0 Å².